The number of likely N-dealkylation sites (N-methyl/N-ethyl adjacent to an activating group) is 1. The van der Waals surface area contributed by atoms with Crippen molar-refractivity contribution in [2.24, 2.45) is 12.8 Å². The largest absolute Gasteiger partial charge is 0.377 e. The van der Waals surface area contributed by atoms with E-state index in [0.717, 1.165) is 37.2 Å². The number of aromatic nitrogens is 5. The summed E-state index contributed by atoms with van der Waals surface area (Å²) in [5, 5.41) is 11.4. The van der Waals surface area contributed by atoms with Crippen LogP contribution in [0.5, 0.6) is 0 Å². The quantitative estimate of drug-likeness (QED) is 0.736. The van der Waals surface area contributed by atoms with E-state index in [2.05, 4.69) is 22.4 Å². The lowest BCUT2D eigenvalue weighted by Gasteiger charge is -2.33. The maximum Gasteiger partial charge on any atom is 0.227 e. The van der Waals surface area contributed by atoms with Gasteiger partial charge in [0.2, 0.25) is 5.91 Å². The van der Waals surface area contributed by atoms with Gasteiger partial charge in [0.25, 0.3) is 0 Å². The van der Waals surface area contributed by atoms with Crippen LogP contribution >= 0.6 is 0 Å². The topological polar surface area (TPSA) is 113 Å². The number of amides is 1. The fourth-order valence-corrected chi connectivity index (χ4v) is 3.50. The van der Waals surface area contributed by atoms with Crippen LogP contribution in [0.4, 0.5) is 0 Å². The first kappa shape index (κ1) is 19.5. The fraction of sp³-hybridized carbons (Fsp3) is 0.667. The van der Waals surface area contributed by atoms with Crippen molar-refractivity contribution in [3.63, 3.8) is 0 Å². The molecule has 2 aromatic rings. The van der Waals surface area contributed by atoms with Crippen LogP contribution in [0.2, 0.25) is 0 Å². The standard InChI is InChI=1S/C18H29N7O2/c1-4-7-27-15-8-12(5-6-14(15)19)18-22-16(9-17(26)20-2)23-25(18)13-10-21-24(3)11-13/h10-12,14-15H,4-9,19H2,1-3H3,(H,20,26)/t12-,14-,15-/m0/s1. The molecule has 1 aliphatic rings. The molecule has 148 valence electrons. The van der Waals surface area contributed by atoms with Crippen molar-refractivity contribution in [1.82, 2.24) is 29.9 Å². The highest BCUT2D eigenvalue weighted by Gasteiger charge is 2.33. The number of ether oxygens (including phenoxy) is 1. The minimum absolute atomic E-state index is 0.0186. The Kier molecular flexibility index (Phi) is 6.22. The van der Waals surface area contributed by atoms with Gasteiger partial charge in [-0.25, -0.2) is 9.67 Å². The second-order valence-corrected chi connectivity index (χ2v) is 7.10. The van der Waals surface area contributed by atoms with Crippen molar-refractivity contribution in [3.05, 3.63) is 24.0 Å². The Morgan fingerprint density at radius 3 is 2.93 bits per heavy atom. The van der Waals surface area contributed by atoms with Gasteiger partial charge in [0.05, 0.1) is 24.9 Å². The van der Waals surface area contributed by atoms with Crippen LogP contribution < -0.4 is 11.1 Å². The maximum absolute atomic E-state index is 11.8. The first-order chi connectivity index (χ1) is 13.0. The van der Waals surface area contributed by atoms with Gasteiger partial charge >= 0.3 is 0 Å². The molecule has 9 heteroatoms. The van der Waals surface area contributed by atoms with Gasteiger partial charge in [0.15, 0.2) is 5.82 Å². The van der Waals surface area contributed by atoms with Crippen LogP contribution in [0, 0.1) is 0 Å². The molecule has 2 aromatic heterocycles. The SMILES string of the molecule is CCCO[C@H]1C[C@@H](c2nc(CC(=O)NC)nn2-c2cnn(C)c2)CC[C@@H]1N. The minimum atomic E-state index is -0.111. The molecule has 1 amide bonds. The predicted molar refractivity (Wildman–Crippen MR) is 100 cm³/mol. The smallest absolute Gasteiger partial charge is 0.227 e. The van der Waals surface area contributed by atoms with E-state index in [9.17, 15) is 4.79 Å². The molecule has 1 saturated carbocycles. The van der Waals surface area contributed by atoms with Gasteiger partial charge in [-0.1, -0.05) is 6.92 Å². The summed E-state index contributed by atoms with van der Waals surface area (Å²) >= 11 is 0. The molecule has 0 unspecified atom stereocenters. The number of hydrogen-bond acceptors (Lipinski definition) is 6. The first-order valence-electron chi connectivity index (χ1n) is 9.54. The molecule has 1 fully saturated rings. The Morgan fingerprint density at radius 2 is 2.26 bits per heavy atom. The van der Waals surface area contributed by atoms with Crippen molar-refractivity contribution in [3.8, 4) is 5.69 Å². The molecule has 0 saturated heterocycles. The van der Waals surface area contributed by atoms with E-state index in [1.54, 1.807) is 17.9 Å². The second kappa shape index (κ2) is 8.62. The average molecular weight is 375 g/mol. The Balaban J connectivity index is 1.89. The number of rotatable bonds is 7. The Hall–Kier alpha value is -2.26. The van der Waals surface area contributed by atoms with E-state index in [-0.39, 0.29) is 30.4 Å². The van der Waals surface area contributed by atoms with Crippen molar-refractivity contribution in [1.29, 1.82) is 0 Å². The van der Waals surface area contributed by atoms with Gasteiger partial charge < -0.3 is 15.8 Å². The summed E-state index contributed by atoms with van der Waals surface area (Å²) in [5.74, 6) is 1.42. The first-order valence-corrected chi connectivity index (χ1v) is 9.54. The third-order valence-corrected chi connectivity index (χ3v) is 4.95. The van der Waals surface area contributed by atoms with Crippen molar-refractivity contribution >= 4 is 5.91 Å². The maximum atomic E-state index is 11.8. The van der Waals surface area contributed by atoms with Crippen molar-refractivity contribution in [2.75, 3.05) is 13.7 Å². The van der Waals surface area contributed by atoms with Crippen LogP contribution in [0.15, 0.2) is 12.4 Å². The molecule has 0 aliphatic heterocycles. The minimum Gasteiger partial charge on any atom is -0.377 e. The molecule has 0 radical (unpaired) electrons. The molecular formula is C18H29N7O2. The summed E-state index contributed by atoms with van der Waals surface area (Å²) in [7, 11) is 3.47. The van der Waals surface area contributed by atoms with Gasteiger partial charge in [0.1, 0.15) is 11.5 Å². The molecule has 2 heterocycles. The Bertz CT molecular complexity index is 770. The van der Waals surface area contributed by atoms with E-state index in [4.69, 9.17) is 15.5 Å². The van der Waals surface area contributed by atoms with Gasteiger partial charge in [-0.05, 0) is 25.7 Å². The molecule has 0 spiro atoms. The molecule has 27 heavy (non-hydrogen) atoms. The number of nitrogens with two attached hydrogens (primary N) is 1. The lowest BCUT2D eigenvalue weighted by molar-refractivity contribution is -0.120. The number of carbonyl (C=O) groups is 1. The lowest BCUT2D eigenvalue weighted by Crippen LogP contribution is -2.42. The fourth-order valence-electron chi connectivity index (χ4n) is 3.50. The molecule has 3 N–H and O–H groups in total. The Labute approximate surface area is 159 Å². The summed E-state index contributed by atoms with van der Waals surface area (Å²) < 4.78 is 9.51. The van der Waals surface area contributed by atoms with E-state index >= 15 is 0 Å². The van der Waals surface area contributed by atoms with E-state index in [1.807, 2.05) is 17.9 Å². The van der Waals surface area contributed by atoms with E-state index in [1.165, 1.54) is 0 Å². The molecule has 0 bridgehead atoms. The number of hydrogen-bond donors (Lipinski definition) is 2. The molecule has 0 aromatic carbocycles. The number of nitrogens with zero attached hydrogens (tertiary/aromatic N) is 5. The van der Waals surface area contributed by atoms with Crippen LogP contribution in [-0.4, -0.2) is 56.3 Å². The lowest BCUT2D eigenvalue weighted by atomic mass is 9.83. The van der Waals surface area contributed by atoms with Gasteiger partial charge in [0, 0.05) is 32.7 Å². The monoisotopic (exact) mass is 375 g/mol. The normalized spacial score (nSPS) is 22.7. The highest BCUT2D eigenvalue weighted by Crippen LogP contribution is 2.34. The van der Waals surface area contributed by atoms with E-state index in [0.29, 0.717) is 12.4 Å². The van der Waals surface area contributed by atoms with Crippen LogP contribution in [0.3, 0.4) is 0 Å². The van der Waals surface area contributed by atoms with Crippen molar-refractivity contribution < 1.29 is 9.53 Å². The molecular weight excluding hydrogens is 346 g/mol. The summed E-state index contributed by atoms with van der Waals surface area (Å²) in [6.07, 6.45) is 7.39. The zero-order valence-electron chi connectivity index (χ0n) is 16.3. The zero-order chi connectivity index (χ0) is 19.4. The summed E-state index contributed by atoms with van der Waals surface area (Å²) in [5.41, 5.74) is 7.10. The molecule has 1 aliphatic carbocycles. The number of carbonyl (C=O) groups excluding carboxylic acids is 1. The van der Waals surface area contributed by atoms with Crippen LogP contribution in [0.1, 0.15) is 50.2 Å². The third kappa shape index (κ3) is 4.54. The second-order valence-electron chi connectivity index (χ2n) is 7.10. The van der Waals surface area contributed by atoms with Crippen LogP contribution in [-0.2, 0) is 23.0 Å². The molecule has 3 rings (SSSR count). The van der Waals surface area contributed by atoms with Crippen molar-refractivity contribution in [2.45, 2.75) is 57.1 Å². The highest BCUT2D eigenvalue weighted by atomic mass is 16.5. The van der Waals surface area contributed by atoms with Gasteiger partial charge in [-0.15, -0.1) is 0 Å². The Morgan fingerprint density at radius 1 is 1.44 bits per heavy atom. The van der Waals surface area contributed by atoms with Crippen LogP contribution in [0.25, 0.3) is 5.69 Å². The molecule has 9 nitrogen and oxygen atoms in total. The highest BCUT2D eigenvalue weighted by molar-refractivity contribution is 5.77. The number of nitrogens with one attached hydrogen (secondary N) is 1. The third-order valence-electron chi connectivity index (χ3n) is 4.95. The van der Waals surface area contributed by atoms with E-state index < -0.39 is 0 Å². The average Bonchev–Trinajstić information content (AvgIpc) is 3.27. The summed E-state index contributed by atoms with van der Waals surface area (Å²) in [6.45, 7) is 2.80. The summed E-state index contributed by atoms with van der Waals surface area (Å²) in [6, 6.07) is 0.0490. The van der Waals surface area contributed by atoms with Gasteiger partial charge in [-0.2, -0.15) is 10.2 Å². The zero-order valence-corrected chi connectivity index (χ0v) is 16.3. The van der Waals surface area contributed by atoms with Gasteiger partial charge in [-0.3, -0.25) is 9.48 Å². The predicted octanol–water partition coefficient (Wildman–Crippen LogP) is 0.679. The molecule has 3 atom stereocenters. The summed E-state index contributed by atoms with van der Waals surface area (Å²) in [4.78, 5) is 16.5. The number of aryl methyl sites for hydroxylation is 1.